The molecule has 0 aromatic carbocycles. The topological polar surface area (TPSA) is 76.0 Å². The lowest BCUT2D eigenvalue weighted by Crippen LogP contribution is -2.24. The summed E-state index contributed by atoms with van der Waals surface area (Å²) in [5, 5.41) is 0. The highest BCUT2D eigenvalue weighted by atomic mass is 32.4. The lowest BCUT2D eigenvalue weighted by atomic mass is 9.94. The fourth-order valence-corrected chi connectivity index (χ4v) is 3.27. The van der Waals surface area contributed by atoms with Crippen molar-refractivity contribution in [2.24, 2.45) is 0 Å². The molecule has 1 heterocycles. The Bertz CT molecular complexity index is 436. The van der Waals surface area contributed by atoms with Crippen LogP contribution in [-0.4, -0.2) is 48.2 Å². The summed E-state index contributed by atoms with van der Waals surface area (Å²) in [6, 6.07) is -0.618. The Morgan fingerprint density at radius 1 is 1.53 bits per heavy atom. The van der Waals surface area contributed by atoms with Gasteiger partial charge in [-0.1, -0.05) is 25.7 Å². The zero-order chi connectivity index (χ0) is 14.8. The minimum absolute atomic E-state index is 0.249. The van der Waals surface area contributed by atoms with Gasteiger partial charge in [0.25, 0.3) is 0 Å². The Kier molecular flexibility index (Phi) is 6.04. The molecule has 0 aromatic heterocycles. The first-order valence-electron chi connectivity index (χ1n) is 5.92. The summed E-state index contributed by atoms with van der Waals surface area (Å²) in [5.41, 5.74) is 0.249. The Morgan fingerprint density at radius 3 is 2.58 bits per heavy atom. The van der Waals surface area contributed by atoms with Gasteiger partial charge in [-0.2, -0.15) is 0 Å². The molecule has 0 bridgehead atoms. The van der Waals surface area contributed by atoms with E-state index in [-0.39, 0.29) is 11.8 Å². The summed E-state index contributed by atoms with van der Waals surface area (Å²) in [6.07, 6.45) is -0.925. The molecule has 1 fully saturated rings. The predicted molar refractivity (Wildman–Crippen MR) is 80.4 cm³/mol. The van der Waals surface area contributed by atoms with Crippen LogP contribution in [0, 0.1) is 0 Å². The highest BCUT2D eigenvalue weighted by Crippen LogP contribution is 2.51. The van der Waals surface area contributed by atoms with Crippen molar-refractivity contribution in [3.8, 4) is 0 Å². The molecule has 1 unspecified atom stereocenters. The summed E-state index contributed by atoms with van der Waals surface area (Å²) in [5.74, 6) is 0.831. The minimum atomic E-state index is -4.17. The number of ether oxygens (including phenoxy) is 1. The molecule has 2 N–H and O–H groups in total. The standard InChI is InChI=1S/C10H19BO5P2S/c1-7(2)17(3,19)16-9-6-8(15-10(9)11)4-5-18(12,13)14/h4-5,7-10H,6H2,1-3H3,(H2,12,13,14)/b5-4+/t8-,9-,10-,17?/m1/s1. The molecule has 0 amide bonds. The molecule has 0 aliphatic carbocycles. The maximum Gasteiger partial charge on any atom is 0.348 e. The van der Waals surface area contributed by atoms with Gasteiger partial charge in [-0.3, -0.25) is 4.57 Å². The van der Waals surface area contributed by atoms with Crippen LogP contribution in [-0.2, 0) is 25.6 Å². The van der Waals surface area contributed by atoms with E-state index in [4.69, 9.17) is 38.7 Å². The van der Waals surface area contributed by atoms with Crippen LogP contribution in [0.2, 0.25) is 0 Å². The average molecular weight is 324 g/mol. The van der Waals surface area contributed by atoms with E-state index in [1.165, 1.54) is 6.08 Å². The zero-order valence-electron chi connectivity index (χ0n) is 11.2. The summed E-state index contributed by atoms with van der Waals surface area (Å²) < 4.78 is 22.0. The van der Waals surface area contributed by atoms with Crippen molar-refractivity contribution in [2.75, 3.05) is 6.66 Å². The molecule has 5 nitrogen and oxygen atoms in total. The largest absolute Gasteiger partial charge is 0.378 e. The van der Waals surface area contributed by atoms with Gasteiger partial charge in [-0.25, -0.2) is 0 Å². The fraction of sp³-hybridized carbons (Fsp3) is 0.800. The number of hydrogen-bond acceptors (Lipinski definition) is 4. The van der Waals surface area contributed by atoms with Crippen LogP contribution in [0.25, 0.3) is 0 Å². The zero-order valence-corrected chi connectivity index (χ0v) is 13.8. The monoisotopic (exact) mass is 324 g/mol. The second-order valence-electron chi connectivity index (χ2n) is 4.95. The molecule has 1 aliphatic heterocycles. The second-order valence-corrected chi connectivity index (χ2v) is 11.7. The highest BCUT2D eigenvalue weighted by molar-refractivity contribution is 8.12. The smallest absolute Gasteiger partial charge is 0.348 e. The van der Waals surface area contributed by atoms with E-state index in [1.807, 2.05) is 20.5 Å². The van der Waals surface area contributed by atoms with E-state index in [2.05, 4.69) is 0 Å². The average Bonchev–Trinajstić information content (AvgIpc) is 2.55. The van der Waals surface area contributed by atoms with Crippen molar-refractivity contribution in [2.45, 2.75) is 44.1 Å². The van der Waals surface area contributed by atoms with E-state index >= 15 is 0 Å². The SMILES string of the molecule is [B][C@@H]1O[C@H](/C=C/P(=O)(O)O)C[C@H]1OP(C)(=S)C(C)C. The third-order valence-electron chi connectivity index (χ3n) is 2.94. The quantitative estimate of drug-likeness (QED) is 0.593. The highest BCUT2D eigenvalue weighted by Gasteiger charge is 2.34. The fourth-order valence-electron chi connectivity index (χ4n) is 1.53. The Balaban J connectivity index is 2.64. The Labute approximate surface area is 120 Å². The van der Waals surface area contributed by atoms with E-state index < -0.39 is 26.0 Å². The predicted octanol–water partition coefficient (Wildman–Crippen LogP) is 1.78. The summed E-state index contributed by atoms with van der Waals surface area (Å²) in [6.45, 7) is 5.93. The molecular weight excluding hydrogens is 305 g/mol. The number of rotatable bonds is 5. The van der Waals surface area contributed by atoms with Gasteiger partial charge in [-0.15, -0.1) is 0 Å². The third kappa shape index (κ3) is 5.80. The molecule has 1 saturated heterocycles. The van der Waals surface area contributed by atoms with Crippen LogP contribution in [0.15, 0.2) is 11.9 Å². The van der Waals surface area contributed by atoms with Crippen LogP contribution in [0.5, 0.6) is 0 Å². The van der Waals surface area contributed by atoms with E-state index in [0.29, 0.717) is 6.42 Å². The molecule has 19 heavy (non-hydrogen) atoms. The maximum absolute atomic E-state index is 10.7. The van der Waals surface area contributed by atoms with E-state index in [1.54, 1.807) is 0 Å². The van der Waals surface area contributed by atoms with Crippen molar-refractivity contribution in [1.29, 1.82) is 0 Å². The summed E-state index contributed by atoms with van der Waals surface area (Å²) in [7, 11) is 1.64. The van der Waals surface area contributed by atoms with Gasteiger partial charge < -0.3 is 19.0 Å². The maximum atomic E-state index is 10.7. The summed E-state index contributed by atoms with van der Waals surface area (Å²) in [4.78, 5) is 17.5. The molecule has 0 aromatic rings. The third-order valence-corrected chi connectivity index (χ3v) is 7.59. The van der Waals surface area contributed by atoms with Gasteiger partial charge >= 0.3 is 7.60 Å². The Morgan fingerprint density at radius 2 is 2.11 bits per heavy atom. The molecular formula is C10H19BO5P2S. The summed E-state index contributed by atoms with van der Waals surface area (Å²) >= 11 is 5.45. The van der Waals surface area contributed by atoms with Crippen molar-refractivity contribution in [1.82, 2.24) is 0 Å². The van der Waals surface area contributed by atoms with Crippen LogP contribution >= 0.6 is 13.9 Å². The van der Waals surface area contributed by atoms with Gasteiger partial charge in [0.05, 0.1) is 18.5 Å². The first kappa shape index (κ1) is 17.6. The molecule has 1 rings (SSSR count). The first-order chi connectivity index (χ1) is 8.51. The first-order valence-corrected chi connectivity index (χ1v) is 10.8. The molecule has 2 radical (unpaired) electrons. The lowest BCUT2D eigenvalue weighted by molar-refractivity contribution is 0.0899. The molecule has 0 spiro atoms. The van der Waals surface area contributed by atoms with Crippen molar-refractivity contribution in [3.63, 3.8) is 0 Å². The van der Waals surface area contributed by atoms with E-state index in [0.717, 1.165) is 5.82 Å². The van der Waals surface area contributed by atoms with Crippen molar-refractivity contribution in [3.05, 3.63) is 11.9 Å². The van der Waals surface area contributed by atoms with E-state index in [9.17, 15) is 4.57 Å². The van der Waals surface area contributed by atoms with Crippen LogP contribution in [0.4, 0.5) is 0 Å². The van der Waals surface area contributed by atoms with Gasteiger partial charge in [0, 0.05) is 23.9 Å². The van der Waals surface area contributed by atoms with Crippen LogP contribution < -0.4 is 0 Å². The van der Waals surface area contributed by atoms with Crippen LogP contribution in [0.3, 0.4) is 0 Å². The number of hydrogen-bond donors (Lipinski definition) is 2. The van der Waals surface area contributed by atoms with Crippen molar-refractivity contribution < 1.29 is 23.6 Å². The lowest BCUT2D eigenvalue weighted by Gasteiger charge is -2.27. The minimum Gasteiger partial charge on any atom is -0.378 e. The van der Waals surface area contributed by atoms with Crippen LogP contribution in [0.1, 0.15) is 20.3 Å². The molecule has 4 atom stereocenters. The van der Waals surface area contributed by atoms with Gasteiger partial charge in [0.2, 0.25) is 0 Å². The molecule has 108 valence electrons. The molecule has 9 heteroatoms. The van der Waals surface area contributed by atoms with Crippen molar-refractivity contribution >= 4 is 33.5 Å². The normalized spacial score (nSPS) is 32.0. The van der Waals surface area contributed by atoms with Gasteiger partial charge in [-0.05, 0) is 12.7 Å². The van der Waals surface area contributed by atoms with Gasteiger partial charge in [0.15, 0.2) is 0 Å². The van der Waals surface area contributed by atoms with Gasteiger partial charge in [0.1, 0.15) is 7.85 Å². The second kappa shape index (κ2) is 6.53. The molecule has 0 saturated carbocycles. The molecule has 1 aliphatic rings. The Hall–Kier alpha value is 0.525.